The molecular weight excluding hydrogens is 345 g/mol. The Labute approximate surface area is 206 Å². The third-order valence-electron chi connectivity index (χ3n) is 2.97. The zero-order valence-corrected chi connectivity index (χ0v) is 20.7. The van der Waals surface area contributed by atoms with Gasteiger partial charge >= 0.3 is 17.9 Å². The molecule has 0 bridgehead atoms. The number of hydrogen-bond donors (Lipinski definition) is 3. The molecule has 0 saturated carbocycles. The molecule has 3 radical (unpaired) electrons. The molecule has 0 aliphatic carbocycles. The van der Waals surface area contributed by atoms with E-state index in [0.717, 1.165) is 0 Å². The zero-order valence-electron chi connectivity index (χ0n) is 14.7. The van der Waals surface area contributed by atoms with Crippen LogP contribution >= 0.6 is 0 Å². The van der Waals surface area contributed by atoms with Gasteiger partial charge in [-0.05, 0) is 23.6 Å². The van der Waals surface area contributed by atoms with E-state index < -0.39 is 23.8 Å². The third kappa shape index (κ3) is 8.65. The summed E-state index contributed by atoms with van der Waals surface area (Å²) in [5.74, 6) is -4.07. The van der Waals surface area contributed by atoms with Gasteiger partial charge in [0.2, 0.25) is 0 Å². The predicted molar refractivity (Wildman–Crippen MR) is 91.5 cm³/mol. The zero-order chi connectivity index (χ0) is 16.2. The van der Waals surface area contributed by atoms with Crippen LogP contribution in [-0.4, -0.2) is 122 Å². The summed E-state index contributed by atoms with van der Waals surface area (Å²) < 4.78 is 0. The number of carboxylic acids is 3. The van der Waals surface area contributed by atoms with Crippen LogP contribution in [0.25, 0.3) is 0 Å². The number of benzene rings is 1. The van der Waals surface area contributed by atoms with Crippen LogP contribution in [0.4, 0.5) is 0 Å². The van der Waals surface area contributed by atoms with Gasteiger partial charge in [-0.15, -0.1) is 0 Å². The summed E-state index contributed by atoms with van der Waals surface area (Å²) in [6.45, 7) is 3.22. The molecule has 0 heterocycles. The van der Waals surface area contributed by atoms with Crippen molar-refractivity contribution >= 4 is 107 Å². The van der Waals surface area contributed by atoms with Crippen molar-refractivity contribution in [3.63, 3.8) is 0 Å². The Bertz CT molecular complexity index is 608. The molecule has 115 valence electrons. The number of rotatable bonds is 6. The van der Waals surface area contributed by atoms with E-state index in [1.807, 2.05) is 0 Å². The van der Waals surface area contributed by atoms with Crippen molar-refractivity contribution in [2.75, 3.05) is 0 Å². The Morgan fingerprint density at radius 2 is 1.33 bits per heavy atom. The van der Waals surface area contributed by atoms with Gasteiger partial charge in [-0.3, -0.25) is 0 Å². The maximum Gasteiger partial charge on any atom is 0.335 e. The van der Waals surface area contributed by atoms with Crippen molar-refractivity contribution in [3.05, 3.63) is 46.5 Å². The molecule has 0 aliphatic rings. The van der Waals surface area contributed by atoms with Crippen LogP contribution in [0, 0.1) is 5.92 Å². The van der Waals surface area contributed by atoms with Crippen LogP contribution in [0.1, 0.15) is 29.8 Å². The molecule has 0 unspecified atom stereocenters. The van der Waals surface area contributed by atoms with Crippen LogP contribution in [0.2, 0.25) is 0 Å². The minimum absolute atomic E-state index is 0. The van der Waals surface area contributed by atoms with Gasteiger partial charge in [-0.1, -0.05) is 26.0 Å². The Morgan fingerprint density at radius 3 is 1.62 bits per heavy atom. The van der Waals surface area contributed by atoms with Crippen molar-refractivity contribution in [1.82, 2.24) is 0 Å². The van der Waals surface area contributed by atoms with E-state index in [0.29, 0.717) is 5.56 Å². The first-order chi connectivity index (χ1) is 9.73. The summed E-state index contributed by atoms with van der Waals surface area (Å²) in [5.41, 5.74) is 0.282. The molecule has 0 aliphatic heterocycles. The van der Waals surface area contributed by atoms with E-state index in [-0.39, 0.29) is 112 Å². The summed E-state index contributed by atoms with van der Waals surface area (Å²) in [6, 6.07) is 5.66. The molecule has 0 amide bonds. The van der Waals surface area contributed by atoms with Crippen LogP contribution < -0.4 is 0 Å². The predicted octanol–water partition coefficient (Wildman–Crippen LogP) is 0.907. The first-order valence-corrected chi connectivity index (χ1v) is 6.26. The Kier molecular flexibility index (Phi) is 16.5. The van der Waals surface area contributed by atoms with Gasteiger partial charge in [0.25, 0.3) is 0 Å². The van der Waals surface area contributed by atoms with Crippen LogP contribution in [0.15, 0.2) is 35.4 Å². The summed E-state index contributed by atoms with van der Waals surface area (Å²) in [4.78, 5) is 33.3. The van der Waals surface area contributed by atoms with E-state index >= 15 is 0 Å². The average molecular weight is 361 g/mol. The first kappa shape index (κ1) is 29.1. The fourth-order valence-corrected chi connectivity index (χ4v) is 1.98. The molecule has 0 fully saturated rings. The molecule has 9 heteroatoms. The number of aliphatic carboxylic acids is 2. The fraction of sp³-hybridized carbons (Fsp3) is 0.267. The second-order valence-electron chi connectivity index (χ2n) is 4.84. The number of carboxylic acid groups (broad SMARTS) is 3. The molecule has 1 aromatic carbocycles. The Hall–Kier alpha value is 0.370. The van der Waals surface area contributed by atoms with Gasteiger partial charge in [0, 0.05) is 95.1 Å². The van der Waals surface area contributed by atoms with Crippen molar-refractivity contribution < 1.29 is 29.7 Å². The van der Waals surface area contributed by atoms with E-state index in [4.69, 9.17) is 10.2 Å². The SMILES string of the molecule is CC(C)/C(C(=O)O)=C(\Cc1ccc(C(=O)O)cc1)C(=O)O.[Na].[Na].[Na]. The van der Waals surface area contributed by atoms with Gasteiger partial charge in [-0.2, -0.15) is 0 Å². The quantitative estimate of drug-likeness (QED) is 0.513. The number of hydrogen-bond acceptors (Lipinski definition) is 3. The van der Waals surface area contributed by atoms with Crippen LogP contribution in [0.3, 0.4) is 0 Å². The summed E-state index contributed by atoms with van der Waals surface area (Å²) in [7, 11) is 0. The molecular formula is C15H16Na3O6. The summed E-state index contributed by atoms with van der Waals surface area (Å²) >= 11 is 0. The van der Waals surface area contributed by atoms with Gasteiger partial charge in [0.1, 0.15) is 0 Å². The maximum absolute atomic E-state index is 11.3. The van der Waals surface area contributed by atoms with Gasteiger partial charge in [-0.25, -0.2) is 14.4 Å². The standard InChI is InChI=1S/C15H16O6.3Na/c1-8(2)12(15(20)21)11(14(18)19)7-9-3-5-10(6-4-9)13(16)17;;;/h3-6,8H,7H2,1-2H3,(H,16,17)(H,18,19)(H,20,21);;;/b12-11-;;;. The molecule has 0 saturated heterocycles. The Morgan fingerprint density at radius 1 is 0.875 bits per heavy atom. The first-order valence-electron chi connectivity index (χ1n) is 6.26. The van der Waals surface area contributed by atoms with Gasteiger partial charge < -0.3 is 15.3 Å². The van der Waals surface area contributed by atoms with Crippen LogP contribution in [-0.2, 0) is 16.0 Å². The van der Waals surface area contributed by atoms with E-state index in [9.17, 15) is 19.5 Å². The van der Waals surface area contributed by atoms with E-state index in [2.05, 4.69) is 0 Å². The van der Waals surface area contributed by atoms with E-state index in [1.165, 1.54) is 24.3 Å². The van der Waals surface area contributed by atoms with Crippen molar-refractivity contribution in [2.45, 2.75) is 20.3 Å². The topological polar surface area (TPSA) is 112 Å². The molecule has 3 N–H and O–H groups in total. The third-order valence-corrected chi connectivity index (χ3v) is 2.97. The second-order valence-corrected chi connectivity index (χ2v) is 4.84. The fourth-order valence-electron chi connectivity index (χ4n) is 1.98. The Balaban J connectivity index is -0.00000147. The minimum atomic E-state index is -1.29. The molecule has 0 aromatic heterocycles. The monoisotopic (exact) mass is 361 g/mol. The van der Waals surface area contributed by atoms with Gasteiger partial charge in [0.05, 0.1) is 16.7 Å². The molecule has 0 atom stereocenters. The normalized spacial score (nSPS) is 10.5. The molecule has 1 rings (SSSR count). The summed E-state index contributed by atoms with van der Waals surface area (Å²) in [6.07, 6.45) is -0.0744. The van der Waals surface area contributed by atoms with Crippen molar-refractivity contribution in [3.8, 4) is 0 Å². The molecule has 0 spiro atoms. The second kappa shape index (κ2) is 13.6. The van der Waals surface area contributed by atoms with E-state index in [1.54, 1.807) is 13.8 Å². The molecule has 1 aromatic rings. The number of aromatic carboxylic acids is 1. The van der Waals surface area contributed by atoms with Crippen LogP contribution in [0.5, 0.6) is 0 Å². The largest absolute Gasteiger partial charge is 0.478 e. The van der Waals surface area contributed by atoms with Crippen molar-refractivity contribution in [2.24, 2.45) is 5.92 Å². The van der Waals surface area contributed by atoms with Crippen molar-refractivity contribution in [1.29, 1.82) is 0 Å². The summed E-state index contributed by atoms with van der Waals surface area (Å²) in [5, 5.41) is 27.2. The molecule has 6 nitrogen and oxygen atoms in total. The minimum Gasteiger partial charge on any atom is -0.478 e. The maximum atomic E-state index is 11.3. The van der Waals surface area contributed by atoms with Gasteiger partial charge in [0.15, 0.2) is 0 Å². The smallest absolute Gasteiger partial charge is 0.335 e. The number of carbonyl (C=O) groups is 3. The average Bonchev–Trinajstić information content (AvgIpc) is 2.37. The molecule has 24 heavy (non-hydrogen) atoms.